The van der Waals surface area contributed by atoms with Crippen molar-refractivity contribution in [2.75, 3.05) is 19.6 Å². The standard InChI is InChI=1S/C28H41N3O2S/c1-4-20(2)33-28-10-9-24-12-15-31(16-13-27(24)30-28)14-11-22-5-7-23(8-6-22)17-25(32)18-26-19-29-21(3)34-26/h9-10,19-20,22-23H,4-8,11-18H2,1-3H3. The maximum Gasteiger partial charge on any atom is 0.213 e. The number of aryl methyl sites for hydroxylation is 1. The van der Waals surface area contributed by atoms with Crippen molar-refractivity contribution < 1.29 is 9.53 Å². The first-order valence-electron chi connectivity index (χ1n) is 13.3. The minimum Gasteiger partial charge on any atom is -0.475 e. The summed E-state index contributed by atoms with van der Waals surface area (Å²) < 4.78 is 5.94. The lowest BCUT2D eigenvalue weighted by atomic mass is 9.78. The van der Waals surface area contributed by atoms with Crippen LogP contribution < -0.4 is 4.74 Å². The molecule has 3 heterocycles. The molecule has 2 aromatic heterocycles. The summed E-state index contributed by atoms with van der Waals surface area (Å²) in [6.07, 6.45) is 12.8. The van der Waals surface area contributed by atoms with Gasteiger partial charge in [-0.2, -0.15) is 0 Å². The van der Waals surface area contributed by atoms with Crippen LogP contribution in [-0.4, -0.2) is 46.4 Å². The zero-order valence-electron chi connectivity index (χ0n) is 21.2. The Morgan fingerprint density at radius 3 is 2.68 bits per heavy atom. The highest BCUT2D eigenvalue weighted by atomic mass is 32.1. The number of ketones is 1. The van der Waals surface area contributed by atoms with E-state index in [0.717, 1.165) is 60.5 Å². The van der Waals surface area contributed by atoms with E-state index in [2.05, 4.69) is 29.8 Å². The average Bonchev–Trinajstić information content (AvgIpc) is 3.12. The second kappa shape index (κ2) is 12.3. The number of ether oxygens (including phenoxy) is 1. The summed E-state index contributed by atoms with van der Waals surface area (Å²) in [5, 5.41) is 1.05. The number of nitrogens with zero attached hydrogens (tertiary/aromatic N) is 3. The number of aromatic nitrogens is 2. The van der Waals surface area contributed by atoms with Gasteiger partial charge in [0.05, 0.1) is 11.1 Å². The van der Waals surface area contributed by atoms with Gasteiger partial charge in [-0.25, -0.2) is 9.97 Å². The van der Waals surface area contributed by atoms with Crippen LogP contribution in [0.25, 0.3) is 0 Å². The van der Waals surface area contributed by atoms with Gasteiger partial charge in [-0.3, -0.25) is 4.79 Å². The van der Waals surface area contributed by atoms with Crippen LogP contribution >= 0.6 is 11.3 Å². The Hall–Kier alpha value is -1.79. The number of hydrogen-bond donors (Lipinski definition) is 0. The zero-order chi connectivity index (χ0) is 23.9. The van der Waals surface area contributed by atoms with Gasteiger partial charge in [-0.05, 0) is 69.9 Å². The van der Waals surface area contributed by atoms with Gasteiger partial charge >= 0.3 is 0 Å². The molecule has 1 aliphatic heterocycles. The number of rotatable bonds is 10. The summed E-state index contributed by atoms with van der Waals surface area (Å²) in [7, 11) is 0. The van der Waals surface area contributed by atoms with Crippen LogP contribution in [0.2, 0.25) is 0 Å². The number of carbonyl (C=O) groups is 1. The van der Waals surface area contributed by atoms with E-state index >= 15 is 0 Å². The molecule has 5 nitrogen and oxygen atoms in total. The quantitative estimate of drug-likeness (QED) is 0.426. The fraction of sp³-hybridized carbons (Fsp3) is 0.679. The highest BCUT2D eigenvalue weighted by Crippen LogP contribution is 2.33. The highest BCUT2D eigenvalue weighted by molar-refractivity contribution is 7.11. The molecule has 0 bridgehead atoms. The maximum atomic E-state index is 12.5. The van der Waals surface area contributed by atoms with Crippen molar-refractivity contribution in [2.45, 2.75) is 91.1 Å². The summed E-state index contributed by atoms with van der Waals surface area (Å²) in [4.78, 5) is 25.3. The molecular weight excluding hydrogens is 442 g/mol. The third kappa shape index (κ3) is 7.35. The van der Waals surface area contributed by atoms with Gasteiger partial charge in [0, 0.05) is 55.2 Å². The second-order valence-electron chi connectivity index (χ2n) is 10.4. The number of carbonyl (C=O) groups excluding carboxylic acids is 1. The van der Waals surface area contributed by atoms with Crippen LogP contribution in [0.4, 0.5) is 0 Å². The molecule has 4 rings (SSSR count). The van der Waals surface area contributed by atoms with Crippen LogP contribution in [0.1, 0.15) is 79.9 Å². The largest absolute Gasteiger partial charge is 0.475 e. The normalized spacial score (nSPS) is 22.1. The molecule has 0 saturated heterocycles. The molecule has 1 unspecified atom stereocenters. The van der Waals surface area contributed by atoms with E-state index in [1.165, 1.54) is 49.9 Å². The highest BCUT2D eigenvalue weighted by Gasteiger charge is 2.24. The molecule has 0 radical (unpaired) electrons. The minimum atomic E-state index is 0.212. The lowest BCUT2D eigenvalue weighted by Gasteiger charge is -2.30. The van der Waals surface area contributed by atoms with Crippen LogP contribution in [0.15, 0.2) is 18.3 Å². The Bertz CT molecular complexity index is 935. The monoisotopic (exact) mass is 483 g/mol. The van der Waals surface area contributed by atoms with Gasteiger partial charge in [0.15, 0.2) is 0 Å². The third-order valence-electron chi connectivity index (χ3n) is 7.68. The molecule has 0 amide bonds. The fourth-order valence-electron chi connectivity index (χ4n) is 5.35. The van der Waals surface area contributed by atoms with Crippen LogP contribution in [0, 0.1) is 18.8 Å². The van der Waals surface area contributed by atoms with Crippen LogP contribution in [-0.2, 0) is 24.1 Å². The molecular formula is C28H41N3O2S. The topological polar surface area (TPSA) is 55.3 Å². The van der Waals surface area contributed by atoms with Crippen LogP contribution in [0.3, 0.4) is 0 Å². The van der Waals surface area contributed by atoms with Crippen molar-refractivity contribution in [3.63, 3.8) is 0 Å². The average molecular weight is 484 g/mol. The van der Waals surface area contributed by atoms with E-state index in [0.29, 0.717) is 18.1 Å². The Labute approximate surface area is 209 Å². The van der Waals surface area contributed by atoms with Gasteiger partial charge in [0.25, 0.3) is 0 Å². The minimum absolute atomic E-state index is 0.212. The number of hydrogen-bond acceptors (Lipinski definition) is 6. The number of thiazole rings is 1. The first-order chi connectivity index (χ1) is 16.5. The molecule has 0 aromatic carbocycles. The SMILES string of the molecule is CCC(C)Oc1ccc2c(n1)CCN(CCC1CCC(CC(=O)Cc3cnc(C)s3)CC1)CC2. The lowest BCUT2D eigenvalue weighted by molar-refractivity contribution is -0.119. The summed E-state index contributed by atoms with van der Waals surface area (Å²) in [6, 6.07) is 4.27. The predicted octanol–water partition coefficient (Wildman–Crippen LogP) is 5.82. The van der Waals surface area contributed by atoms with E-state index in [1.54, 1.807) is 11.3 Å². The molecule has 6 heteroatoms. The second-order valence-corrected chi connectivity index (χ2v) is 11.7. The molecule has 0 spiro atoms. The van der Waals surface area contributed by atoms with Crippen LogP contribution in [0.5, 0.6) is 5.88 Å². The van der Waals surface area contributed by atoms with Gasteiger partial charge in [0.1, 0.15) is 5.78 Å². The van der Waals surface area contributed by atoms with E-state index in [9.17, 15) is 4.79 Å². The first kappa shape index (κ1) is 25.3. The molecule has 2 aliphatic rings. The molecule has 1 aliphatic carbocycles. The Kier molecular flexibility index (Phi) is 9.12. The van der Waals surface area contributed by atoms with Crippen molar-refractivity contribution in [2.24, 2.45) is 11.8 Å². The van der Waals surface area contributed by atoms with Gasteiger partial charge in [0.2, 0.25) is 5.88 Å². The van der Waals surface area contributed by atoms with Crippen molar-refractivity contribution in [1.29, 1.82) is 0 Å². The summed E-state index contributed by atoms with van der Waals surface area (Å²) in [5.74, 6) is 2.57. The van der Waals surface area contributed by atoms with E-state index in [4.69, 9.17) is 9.72 Å². The molecule has 186 valence electrons. The molecule has 0 N–H and O–H groups in total. The Morgan fingerprint density at radius 1 is 1.18 bits per heavy atom. The molecule has 1 fully saturated rings. The predicted molar refractivity (Wildman–Crippen MR) is 139 cm³/mol. The molecule has 34 heavy (non-hydrogen) atoms. The van der Waals surface area contributed by atoms with Crippen molar-refractivity contribution in [3.05, 3.63) is 39.5 Å². The smallest absolute Gasteiger partial charge is 0.213 e. The lowest BCUT2D eigenvalue weighted by Crippen LogP contribution is -2.29. The molecule has 2 aromatic rings. The summed E-state index contributed by atoms with van der Waals surface area (Å²) >= 11 is 1.65. The van der Waals surface area contributed by atoms with Crippen molar-refractivity contribution >= 4 is 17.1 Å². The van der Waals surface area contributed by atoms with Crippen molar-refractivity contribution in [1.82, 2.24) is 14.9 Å². The van der Waals surface area contributed by atoms with Gasteiger partial charge in [-0.1, -0.05) is 25.8 Å². The summed E-state index contributed by atoms with van der Waals surface area (Å²) in [6.45, 7) is 9.64. The van der Waals surface area contributed by atoms with Gasteiger partial charge in [-0.15, -0.1) is 11.3 Å². The Morgan fingerprint density at radius 2 is 1.94 bits per heavy atom. The Balaban J connectivity index is 1.16. The van der Waals surface area contributed by atoms with E-state index < -0.39 is 0 Å². The number of Topliss-reactive ketones (excluding diaryl/α,β-unsaturated/α-hetero) is 1. The fourth-order valence-corrected chi connectivity index (χ4v) is 6.18. The van der Waals surface area contributed by atoms with Gasteiger partial charge < -0.3 is 9.64 Å². The van der Waals surface area contributed by atoms with Crippen molar-refractivity contribution in [3.8, 4) is 5.88 Å². The number of fused-ring (bicyclic) bond motifs is 1. The first-order valence-corrected chi connectivity index (χ1v) is 14.1. The zero-order valence-corrected chi connectivity index (χ0v) is 22.0. The molecule has 1 saturated carbocycles. The summed E-state index contributed by atoms with van der Waals surface area (Å²) in [5.41, 5.74) is 2.61. The third-order valence-corrected chi connectivity index (χ3v) is 8.59. The molecule has 1 atom stereocenters. The number of pyridine rings is 1. The maximum absolute atomic E-state index is 12.5. The van der Waals surface area contributed by atoms with E-state index in [1.807, 2.05) is 19.2 Å². The van der Waals surface area contributed by atoms with E-state index in [-0.39, 0.29) is 6.10 Å².